The van der Waals surface area contributed by atoms with E-state index in [4.69, 9.17) is 29.6 Å². The van der Waals surface area contributed by atoms with Gasteiger partial charge in [-0.15, -0.1) is 6.42 Å². The van der Waals surface area contributed by atoms with Crippen molar-refractivity contribution in [3.63, 3.8) is 0 Å². The fraction of sp³-hybridized carbons (Fsp3) is 0. The second-order valence-corrected chi connectivity index (χ2v) is 2.61. The maximum absolute atomic E-state index is 5.70. The minimum Gasteiger partial charge on any atom is -0.115 e. The molecule has 0 aliphatic rings. The van der Waals surface area contributed by atoms with Crippen LogP contribution < -0.4 is 0 Å². The molecule has 0 bridgehead atoms. The van der Waals surface area contributed by atoms with Gasteiger partial charge in [0.25, 0.3) is 0 Å². The van der Waals surface area contributed by atoms with Crippen LogP contribution in [0.2, 0.25) is 10.0 Å². The van der Waals surface area contributed by atoms with Gasteiger partial charge in [0.15, 0.2) is 0 Å². The largest absolute Gasteiger partial charge is 0.115 e. The molecule has 0 fully saturated rings. The summed E-state index contributed by atoms with van der Waals surface area (Å²) < 4.78 is 0. The topological polar surface area (TPSA) is 0 Å². The number of hydrogen-bond donors (Lipinski definition) is 0. The Bertz CT molecular complexity index is 284. The van der Waals surface area contributed by atoms with E-state index in [1.54, 1.807) is 18.2 Å². The summed E-state index contributed by atoms with van der Waals surface area (Å²) in [6.07, 6.45) is 5.13. The van der Waals surface area contributed by atoms with Crippen LogP contribution in [-0.2, 0) is 0 Å². The summed E-state index contributed by atoms with van der Waals surface area (Å²) >= 11 is 11.3. The Morgan fingerprint density at radius 3 is 2.50 bits per heavy atom. The van der Waals surface area contributed by atoms with Gasteiger partial charge < -0.3 is 0 Å². The highest BCUT2D eigenvalue weighted by molar-refractivity contribution is 6.33. The highest BCUT2D eigenvalue weighted by atomic mass is 35.5. The van der Waals surface area contributed by atoms with Crippen molar-refractivity contribution in [1.82, 2.24) is 0 Å². The molecule has 50 valence electrons. The molecule has 1 rings (SSSR count). The summed E-state index contributed by atoms with van der Waals surface area (Å²) in [5.41, 5.74) is 0.633. The Morgan fingerprint density at radius 1 is 1.30 bits per heavy atom. The van der Waals surface area contributed by atoms with Crippen LogP contribution in [0.3, 0.4) is 0 Å². The van der Waals surface area contributed by atoms with Gasteiger partial charge in [0, 0.05) is 10.6 Å². The third-order valence-corrected chi connectivity index (χ3v) is 1.65. The van der Waals surface area contributed by atoms with Crippen LogP contribution in [0.5, 0.6) is 0 Å². The van der Waals surface area contributed by atoms with E-state index in [0.29, 0.717) is 15.6 Å². The van der Waals surface area contributed by atoms with Crippen molar-refractivity contribution in [2.24, 2.45) is 0 Å². The lowest BCUT2D eigenvalue weighted by Gasteiger charge is -1.94. The molecule has 0 heterocycles. The Hall–Kier alpha value is -0.640. The van der Waals surface area contributed by atoms with Crippen LogP contribution in [0, 0.1) is 12.3 Å². The van der Waals surface area contributed by atoms with Gasteiger partial charge >= 0.3 is 0 Å². The maximum atomic E-state index is 5.70. The predicted molar refractivity (Wildman–Crippen MR) is 44.4 cm³/mol. The second kappa shape index (κ2) is 2.96. The molecule has 0 aliphatic carbocycles. The lowest BCUT2D eigenvalue weighted by atomic mass is 10.2. The predicted octanol–water partition coefficient (Wildman–Crippen LogP) is 2.97. The van der Waals surface area contributed by atoms with E-state index in [9.17, 15) is 0 Å². The van der Waals surface area contributed by atoms with Crippen LogP contribution in [0.1, 0.15) is 5.56 Å². The molecular formula is C8H4Cl2. The Balaban J connectivity index is 3.25. The summed E-state index contributed by atoms with van der Waals surface area (Å²) in [6.45, 7) is 0. The van der Waals surface area contributed by atoms with Crippen LogP contribution in [0.4, 0.5) is 0 Å². The Labute approximate surface area is 69.8 Å². The molecule has 0 saturated heterocycles. The monoisotopic (exact) mass is 170 g/mol. The van der Waals surface area contributed by atoms with Crippen molar-refractivity contribution in [3.8, 4) is 12.3 Å². The van der Waals surface area contributed by atoms with Gasteiger partial charge in [0.2, 0.25) is 0 Å². The first-order chi connectivity index (χ1) is 4.74. The van der Waals surface area contributed by atoms with E-state index in [0.717, 1.165) is 0 Å². The lowest BCUT2D eigenvalue weighted by Crippen LogP contribution is -1.74. The van der Waals surface area contributed by atoms with E-state index in [2.05, 4.69) is 5.92 Å². The highest BCUT2D eigenvalue weighted by Crippen LogP contribution is 2.18. The molecule has 0 radical (unpaired) electrons. The van der Waals surface area contributed by atoms with Crippen molar-refractivity contribution < 1.29 is 0 Å². The van der Waals surface area contributed by atoms with E-state index < -0.39 is 0 Å². The normalized spacial score (nSPS) is 8.90. The van der Waals surface area contributed by atoms with Gasteiger partial charge in [-0.2, -0.15) is 0 Å². The molecule has 0 unspecified atom stereocenters. The first-order valence-electron chi connectivity index (χ1n) is 2.65. The van der Waals surface area contributed by atoms with E-state index in [-0.39, 0.29) is 0 Å². The van der Waals surface area contributed by atoms with Crippen molar-refractivity contribution in [2.45, 2.75) is 0 Å². The first-order valence-corrected chi connectivity index (χ1v) is 3.41. The Kier molecular flexibility index (Phi) is 2.21. The average Bonchev–Trinajstić information content (AvgIpc) is 1.94. The minimum absolute atomic E-state index is 0.562. The third kappa shape index (κ3) is 1.44. The van der Waals surface area contributed by atoms with Crippen molar-refractivity contribution in [2.75, 3.05) is 0 Å². The van der Waals surface area contributed by atoms with Crippen LogP contribution in [0.15, 0.2) is 18.2 Å². The molecule has 0 N–H and O–H groups in total. The maximum Gasteiger partial charge on any atom is 0.0563 e. The zero-order valence-corrected chi connectivity index (χ0v) is 6.58. The fourth-order valence-electron chi connectivity index (χ4n) is 0.608. The van der Waals surface area contributed by atoms with Gasteiger partial charge in [0.05, 0.1) is 5.02 Å². The van der Waals surface area contributed by atoms with Gasteiger partial charge in [-0.3, -0.25) is 0 Å². The summed E-state index contributed by atoms with van der Waals surface area (Å²) in [5, 5.41) is 1.17. The molecule has 0 aromatic heterocycles. The van der Waals surface area contributed by atoms with Crippen LogP contribution in [-0.4, -0.2) is 0 Å². The standard InChI is InChI=1S/C8H4Cl2/c1-2-6-5-7(9)3-4-8(6)10/h1,3-5H. The number of hydrogen-bond acceptors (Lipinski definition) is 0. The number of benzene rings is 1. The molecular weight excluding hydrogens is 167 g/mol. The molecule has 0 spiro atoms. The molecule has 0 saturated carbocycles. The SMILES string of the molecule is C#Cc1cc(Cl)ccc1Cl. The number of terminal acetylenes is 1. The van der Waals surface area contributed by atoms with Gasteiger partial charge in [0.1, 0.15) is 0 Å². The Morgan fingerprint density at radius 2 is 2.00 bits per heavy atom. The van der Waals surface area contributed by atoms with Crippen molar-refractivity contribution in [3.05, 3.63) is 33.8 Å². The smallest absolute Gasteiger partial charge is 0.0563 e. The lowest BCUT2D eigenvalue weighted by molar-refractivity contribution is 1.65. The average molecular weight is 171 g/mol. The van der Waals surface area contributed by atoms with Crippen molar-refractivity contribution >= 4 is 23.2 Å². The molecule has 1 aromatic rings. The molecule has 1 aromatic carbocycles. The van der Waals surface area contributed by atoms with E-state index in [1.807, 2.05) is 0 Å². The van der Waals surface area contributed by atoms with Crippen LogP contribution in [0.25, 0.3) is 0 Å². The molecule has 0 aliphatic heterocycles. The van der Waals surface area contributed by atoms with Gasteiger partial charge in [-0.1, -0.05) is 29.1 Å². The highest BCUT2D eigenvalue weighted by Gasteiger charge is 1.95. The molecule has 0 nitrogen and oxygen atoms in total. The second-order valence-electron chi connectivity index (χ2n) is 1.77. The quantitative estimate of drug-likeness (QED) is 0.526. The van der Waals surface area contributed by atoms with Gasteiger partial charge in [-0.25, -0.2) is 0 Å². The molecule has 10 heavy (non-hydrogen) atoms. The molecule has 0 amide bonds. The minimum atomic E-state index is 0.562. The zero-order chi connectivity index (χ0) is 7.56. The number of halogens is 2. The van der Waals surface area contributed by atoms with E-state index in [1.165, 1.54) is 0 Å². The fourth-order valence-corrected chi connectivity index (χ4v) is 0.952. The summed E-state index contributed by atoms with van der Waals surface area (Å²) in [6, 6.07) is 5.04. The van der Waals surface area contributed by atoms with E-state index >= 15 is 0 Å². The van der Waals surface area contributed by atoms with Crippen LogP contribution >= 0.6 is 23.2 Å². The molecule has 2 heteroatoms. The number of rotatable bonds is 0. The summed E-state index contributed by atoms with van der Waals surface area (Å²) in [7, 11) is 0. The zero-order valence-electron chi connectivity index (χ0n) is 5.07. The summed E-state index contributed by atoms with van der Waals surface area (Å²) in [5.74, 6) is 2.42. The third-order valence-electron chi connectivity index (χ3n) is 1.08. The first kappa shape index (κ1) is 7.47. The van der Waals surface area contributed by atoms with Gasteiger partial charge in [-0.05, 0) is 18.2 Å². The molecule has 0 atom stereocenters. The van der Waals surface area contributed by atoms with Crippen molar-refractivity contribution in [1.29, 1.82) is 0 Å². The summed E-state index contributed by atoms with van der Waals surface area (Å²) in [4.78, 5) is 0.